The summed E-state index contributed by atoms with van der Waals surface area (Å²) in [5.41, 5.74) is 0. The second kappa shape index (κ2) is 5.85. The first-order valence-electron chi connectivity index (χ1n) is 4.71. The van der Waals surface area contributed by atoms with E-state index < -0.39 is 0 Å². The van der Waals surface area contributed by atoms with Crippen LogP contribution in [0, 0.1) is 5.92 Å². The van der Waals surface area contributed by atoms with Crippen LogP contribution in [0.5, 0.6) is 0 Å². The zero-order valence-corrected chi connectivity index (χ0v) is 9.10. The Labute approximate surface area is 76.6 Å². The van der Waals surface area contributed by atoms with Gasteiger partial charge in [-0.05, 0) is 0 Å². The fourth-order valence-electron chi connectivity index (χ4n) is 1.59. The molecule has 0 aromatic heterocycles. The Hall–Kier alpha value is 0.259. The summed E-state index contributed by atoms with van der Waals surface area (Å²) in [6, 6.07) is 0. The summed E-state index contributed by atoms with van der Waals surface area (Å²) >= 11 is 0.789. The standard InChI is InChI=1S/C10H18Se/c1-2-11-9-8-10-6-4-3-5-7-10/h8-10H,2-7H2,1H3/b9-8+. The van der Waals surface area contributed by atoms with Crippen molar-refractivity contribution in [1.82, 2.24) is 0 Å². The minimum atomic E-state index is 0.789. The van der Waals surface area contributed by atoms with E-state index in [9.17, 15) is 0 Å². The molecule has 0 unspecified atom stereocenters. The summed E-state index contributed by atoms with van der Waals surface area (Å²) in [5.74, 6) is 0.942. The van der Waals surface area contributed by atoms with E-state index in [0.717, 1.165) is 20.9 Å². The van der Waals surface area contributed by atoms with E-state index in [2.05, 4.69) is 18.0 Å². The molecule has 0 amide bonds. The van der Waals surface area contributed by atoms with Gasteiger partial charge in [0.25, 0.3) is 0 Å². The molecule has 1 aliphatic rings. The van der Waals surface area contributed by atoms with Crippen LogP contribution in [-0.2, 0) is 0 Å². The molecule has 0 aromatic rings. The molecule has 11 heavy (non-hydrogen) atoms. The van der Waals surface area contributed by atoms with Gasteiger partial charge in [-0.15, -0.1) is 0 Å². The molecule has 0 heterocycles. The van der Waals surface area contributed by atoms with Gasteiger partial charge in [0.15, 0.2) is 0 Å². The van der Waals surface area contributed by atoms with Crippen molar-refractivity contribution in [2.45, 2.75) is 44.3 Å². The van der Waals surface area contributed by atoms with Gasteiger partial charge in [0.2, 0.25) is 0 Å². The van der Waals surface area contributed by atoms with Gasteiger partial charge in [-0.3, -0.25) is 0 Å². The fraction of sp³-hybridized carbons (Fsp3) is 0.800. The van der Waals surface area contributed by atoms with Crippen molar-refractivity contribution in [3.8, 4) is 0 Å². The van der Waals surface area contributed by atoms with Gasteiger partial charge in [0.1, 0.15) is 0 Å². The minimum absolute atomic E-state index is 0.789. The van der Waals surface area contributed by atoms with Crippen molar-refractivity contribution >= 4 is 15.0 Å². The van der Waals surface area contributed by atoms with Crippen LogP contribution < -0.4 is 0 Å². The van der Waals surface area contributed by atoms with E-state index >= 15 is 0 Å². The molecule has 64 valence electrons. The van der Waals surface area contributed by atoms with Gasteiger partial charge in [0.05, 0.1) is 0 Å². The molecule has 0 aromatic carbocycles. The number of allylic oxidation sites excluding steroid dienone is 1. The SMILES string of the molecule is CC[Se]/C=C/C1CCCCC1. The van der Waals surface area contributed by atoms with Crippen molar-refractivity contribution in [3.63, 3.8) is 0 Å². The van der Waals surface area contributed by atoms with Crippen molar-refractivity contribution in [2.24, 2.45) is 5.92 Å². The average molecular weight is 217 g/mol. The monoisotopic (exact) mass is 218 g/mol. The van der Waals surface area contributed by atoms with E-state index in [-0.39, 0.29) is 0 Å². The summed E-state index contributed by atoms with van der Waals surface area (Å²) in [5, 5.41) is 1.36. The number of hydrogen-bond acceptors (Lipinski definition) is 0. The van der Waals surface area contributed by atoms with Crippen LogP contribution in [0.4, 0.5) is 0 Å². The van der Waals surface area contributed by atoms with Crippen LogP contribution in [0.3, 0.4) is 0 Å². The predicted octanol–water partition coefficient (Wildman–Crippen LogP) is 3.22. The first-order chi connectivity index (χ1) is 5.43. The molecule has 1 rings (SSSR count). The summed E-state index contributed by atoms with van der Waals surface area (Å²) < 4.78 is 0. The first kappa shape index (κ1) is 9.35. The Kier molecular flexibility index (Phi) is 4.97. The summed E-state index contributed by atoms with van der Waals surface area (Å²) in [4.78, 5) is 2.43. The molecule has 0 radical (unpaired) electrons. The van der Waals surface area contributed by atoms with E-state index in [1.165, 1.54) is 37.4 Å². The Balaban J connectivity index is 2.13. The van der Waals surface area contributed by atoms with E-state index in [0.29, 0.717) is 0 Å². The third-order valence-electron chi connectivity index (χ3n) is 2.26. The molecule has 1 heteroatoms. The molecular formula is C10H18Se. The van der Waals surface area contributed by atoms with Gasteiger partial charge in [-0.1, -0.05) is 0 Å². The third-order valence-corrected chi connectivity index (χ3v) is 3.70. The summed E-state index contributed by atoms with van der Waals surface area (Å²) in [7, 11) is 0. The third kappa shape index (κ3) is 3.98. The van der Waals surface area contributed by atoms with E-state index in [4.69, 9.17) is 0 Å². The Bertz CT molecular complexity index is 112. The second-order valence-corrected chi connectivity index (χ2v) is 5.66. The van der Waals surface area contributed by atoms with Crippen LogP contribution in [0.25, 0.3) is 0 Å². The summed E-state index contributed by atoms with van der Waals surface area (Å²) in [6.45, 7) is 2.27. The molecular weight excluding hydrogens is 199 g/mol. The molecule has 1 fully saturated rings. The molecule has 0 nitrogen and oxygen atoms in total. The molecule has 1 aliphatic carbocycles. The van der Waals surface area contributed by atoms with Crippen LogP contribution >= 0.6 is 0 Å². The van der Waals surface area contributed by atoms with Gasteiger partial charge >= 0.3 is 76.3 Å². The van der Waals surface area contributed by atoms with Crippen molar-refractivity contribution in [3.05, 3.63) is 11.1 Å². The number of hydrogen-bond donors (Lipinski definition) is 0. The zero-order chi connectivity index (χ0) is 7.94. The van der Waals surface area contributed by atoms with Crippen molar-refractivity contribution in [2.75, 3.05) is 0 Å². The molecule has 1 saturated carbocycles. The fourth-order valence-corrected chi connectivity index (χ4v) is 2.69. The van der Waals surface area contributed by atoms with Crippen LogP contribution in [0.1, 0.15) is 39.0 Å². The number of rotatable bonds is 3. The predicted molar refractivity (Wildman–Crippen MR) is 52.0 cm³/mol. The van der Waals surface area contributed by atoms with Gasteiger partial charge in [0, 0.05) is 0 Å². The molecule has 0 saturated heterocycles. The Morgan fingerprint density at radius 2 is 2.00 bits per heavy atom. The topological polar surface area (TPSA) is 0 Å². The molecule has 0 bridgehead atoms. The maximum absolute atomic E-state index is 2.47. The molecule has 0 aliphatic heterocycles. The Morgan fingerprint density at radius 1 is 1.27 bits per heavy atom. The Morgan fingerprint density at radius 3 is 2.64 bits per heavy atom. The summed E-state index contributed by atoms with van der Waals surface area (Å²) in [6.07, 6.45) is 9.79. The zero-order valence-electron chi connectivity index (χ0n) is 7.38. The molecule has 0 spiro atoms. The average Bonchev–Trinajstić information content (AvgIpc) is 2.07. The van der Waals surface area contributed by atoms with Gasteiger partial charge in [-0.2, -0.15) is 0 Å². The van der Waals surface area contributed by atoms with Crippen molar-refractivity contribution < 1.29 is 0 Å². The van der Waals surface area contributed by atoms with Crippen LogP contribution in [0.15, 0.2) is 11.1 Å². The van der Waals surface area contributed by atoms with Crippen LogP contribution in [0.2, 0.25) is 5.32 Å². The van der Waals surface area contributed by atoms with Crippen LogP contribution in [-0.4, -0.2) is 15.0 Å². The second-order valence-electron chi connectivity index (χ2n) is 3.18. The normalized spacial score (nSPS) is 21.2. The van der Waals surface area contributed by atoms with Gasteiger partial charge < -0.3 is 0 Å². The van der Waals surface area contributed by atoms with E-state index in [1.807, 2.05) is 0 Å². The quantitative estimate of drug-likeness (QED) is 0.637. The van der Waals surface area contributed by atoms with E-state index in [1.54, 1.807) is 0 Å². The van der Waals surface area contributed by atoms with Crippen molar-refractivity contribution in [1.29, 1.82) is 0 Å². The molecule has 0 atom stereocenters. The molecule has 0 N–H and O–H groups in total. The van der Waals surface area contributed by atoms with Gasteiger partial charge in [-0.25, -0.2) is 0 Å². The first-order valence-corrected chi connectivity index (χ1v) is 6.92. The maximum atomic E-state index is 2.47.